The number of carbonyl (C=O) groups excluding carboxylic acids is 2. The number of aliphatic hydroxyl groups is 1. The van der Waals surface area contributed by atoms with Crippen molar-refractivity contribution in [3.05, 3.63) is 0 Å². The van der Waals surface area contributed by atoms with E-state index in [1.165, 1.54) is 0 Å². The van der Waals surface area contributed by atoms with Crippen LogP contribution >= 0.6 is 0 Å². The fraction of sp³-hybridized carbons (Fsp3) is 0.875. The zero-order chi connectivity index (χ0) is 16.9. The highest BCUT2D eigenvalue weighted by atomic mass is 16.5. The molecule has 0 radical (unpaired) electrons. The lowest BCUT2D eigenvalue weighted by Crippen LogP contribution is -2.59. The van der Waals surface area contributed by atoms with Crippen LogP contribution in [0.4, 0.5) is 0 Å². The van der Waals surface area contributed by atoms with Gasteiger partial charge in [-0.05, 0) is 19.8 Å². The molecule has 1 heterocycles. The van der Waals surface area contributed by atoms with Gasteiger partial charge in [-0.3, -0.25) is 14.5 Å². The molecule has 0 aromatic heterocycles. The Kier molecular flexibility index (Phi) is 6.38. The lowest BCUT2D eigenvalue weighted by molar-refractivity contribution is -0.158. The van der Waals surface area contributed by atoms with Gasteiger partial charge in [0.1, 0.15) is 5.41 Å². The molecule has 2 fully saturated rings. The summed E-state index contributed by atoms with van der Waals surface area (Å²) in [6, 6.07) is 0. The number of carbonyl (C=O) groups is 2. The number of rotatable bonds is 7. The Bertz CT molecular complexity index is 418. The molecular weight excluding hydrogens is 298 g/mol. The molecule has 7 heteroatoms. The van der Waals surface area contributed by atoms with Gasteiger partial charge >= 0.3 is 0 Å². The first kappa shape index (κ1) is 18.2. The number of hydrogen-bond donors (Lipinski definition) is 2. The van der Waals surface area contributed by atoms with Crippen molar-refractivity contribution >= 4 is 11.8 Å². The molecule has 2 amide bonds. The van der Waals surface area contributed by atoms with Crippen LogP contribution in [0.5, 0.6) is 0 Å². The Morgan fingerprint density at radius 1 is 1.26 bits per heavy atom. The second-order valence-corrected chi connectivity index (χ2v) is 6.42. The third-order valence-electron chi connectivity index (χ3n) is 4.92. The topological polar surface area (TPSA) is 82.1 Å². The fourth-order valence-electron chi connectivity index (χ4n) is 3.35. The van der Waals surface area contributed by atoms with Gasteiger partial charge in [-0.2, -0.15) is 0 Å². The van der Waals surface area contributed by atoms with Gasteiger partial charge in [0.25, 0.3) is 0 Å². The van der Waals surface area contributed by atoms with Crippen LogP contribution < -0.4 is 5.32 Å². The summed E-state index contributed by atoms with van der Waals surface area (Å²) in [6.45, 7) is 6.06. The average Bonchev–Trinajstić information content (AvgIpc) is 2.52. The van der Waals surface area contributed by atoms with Gasteiger partial charge in [-0.15, -0.1) is 0 Å². The minimum absolute atomic E-state index is 0.0300. The van der Waals surface area contributed by atoms with Crippen LogP contribution in [0.15, 0.2) is 0 Å². The van der Waals surface area contributed by atoms with E-state index in [0.717, 1.165) is 19.5 Å². The molecule has 1 atom stereocenters. The first-order chi connectivity index (χ1) is 11.0. The first-order valence-electron chi connectivity index (χ1n) is 8.53. The maximum Gasteiger partial charge on any atom is 0.238 e. The largest absolute Gasteiger partial charge is 0.389 e. The van der Waals surface area contributed by atoms with Crippen molar-refractivity contribution in [2.75, 3.05) is 53.0 Å². The molecule has 132 valence electrons. The molecule has 0 aromatic rings. The van der Waals surface area contributed by atoms with Gasteiger partial charge < -0.3 is 20.1 Å². The number of ether oxygens (including phenoxy) is 1. The monoisotopic (exact) mass is 327 g/mol. The summed E-state index contributed by atoms with van der Waals surface area (Å²) in [5, 5.41) is 12.5. The summed E-state index contributed by atoms with van der Waals surface area (Å²) in [5.74, 6) is -0.180. The van der Waals surface area contributed by atoms with Crippen LogP contribution in [0.25, 0.3) is 0 Å². The second-order valence-electron chi connectivity index (χ2n) is 6.42. The minimum atomic E-state index is -0.828. The van der Waals surface area contributed by atoms with Crippen LogP contribution in [0, 0.1) is 5.41 Å². The van der Waals surface area contributed by atoms with E-state index in [4.69, 9.17) is 4.74 Å². The molecule has 7 nitrogen and oxygen atoms in total. The Hall–Kier alpha value is -1.18. The van der Waals surface area contributed by atoms with Crippen LogP contribution in [0.1, 0.15) is 26.2 Å². The number of hydrogen-bond acceptors (Lipinski definition) is 5. The van der Waals surface area contributed by atoms with E-state index in [0.29, 0.717) is 45.7 Å². The zero-order valence-electron chi connectivity index (χ0n) is 14.2. The molecule has 0 aromatic carbocycles. The van der Waals surface area contributed by atoms with E-state index < -0.39 is 11.5 Å². The molecular formula is C16H29N3O4. The molecule has 2 rings (SSSR count). The van der Waals surface area contributed by atoms with Gasteiger partial charge in [0, 0.05) is 46.4 Å². The summed E-state index contributed by atoms with van der Waals surface area (Å²) >= 11 is 0. The van der Waals surface area contributed by atoms with Gasteiger partial charge in [0.15, 0.2) is 0 Å². The molecule has 2 N–H and O–H groups in total. The predicted molar refractivity (Wildman–Crippen MR) is 85.9 cm³/mol. The highest BCUT2D eigenvalue weighted by Gasteiger charge is 2.52. The summed E-state index contributed by atoms with van der Waals surface area (Å²) in [6.07, 6.45) is 1.74. The van der Waals surface area contributed by atoms with E-state index in [1.54, 1.807) is 11.9 Å². The van der Waals surface area contributed by atoms with E-state index >= 15 is 0 Å². The second kappa shape index (κ2) is 8.08. The first-order valence-corrected chi connectivity index (χ1v) is 8.53. The summed E-state index contributed by atoms with van der Waals surface area (Å²) in [5.41, 5.74) is -0.828. The van der Waals surface area contributed by atoms with Crippen molar-refractivity contribution in [2.24, 2.45) is 5.41 Å². The molecule has 1 aliphatic carbocycles. The smallest absolute Gasteiger partial charge is 0.238 e. The summed E-state index contributed by atoms with van der Waals surface area (Å²) in [7, 11) is 1.59. The molecule has 1 saturated heterocycles. The van der Waals surface area contributed by atoms with Crippen LogP contribution in [0.3, 0.4) is 0 Å². The lowest BCUT2D eigenvalue weighted by Gasteiger charge is -2.44. The van der Waals surface area contributed by atoms with E-state index in [9.17, 15) is 14.7 Å². The number of amides is 2. The van der Waals surface area contributed by atoms with Gasteiger partial charge in [-0.25, -0.2) is 0 Å². The van der Waals surface area contributed by atoms with E-state index in [2.05, 4.69) is 10.2 Å². The third kappa shape index (κ3) is 4.02. The number of nitrogens with zero attached hydrogens (tertiary/aromatic N) is 2. The molecule has 0 spiro atoms. The van der Waals surface area contributed by atoms with Crippen molar-refractivity contribution in [1.29, 1.82) is 0 Å². The minimum Gasteiger partial charge on any atom is -0.389 e. The van der Waals surface area contributed by atoms with Gasteiger partial charge in [0.2, 0.25) is 11.8 Å². The highest BCUT2D eigenvalue weighted by molar-refractivity contribution is 6.05. The molecule has 0 bridgehead atoms. The summed E-state index contributed by atoms with van der Waals surface area (Å²) < 4.78 is 5.22. The van der Waals surface area contributed by atoms with Crippen LogP contribution in [-0.2, 0) is 14.3 Å². The molecule has 2 aliphatic rings. The SMILES string of the molecule is CCOCC(O)CN1CCN(C(=O)C2(C(=O)NC)CCC2)CC1. The highest BCUT2D eigenvalue weighted by Crippen LogP contribution is 2.42. The summed E-state index contributed by atoms with van der Waals surface area (Å²) in [4.78, 5) is 28.8. The normalized spacial score (nSPS) is 22.3. The Morgan fingerprint density at radius 3 is 2.39 bits per heavy atom. The molecule has 1 saturated carbocycles. The number of piperazine rings is 1. The van der Waals surface area contributed by atoms with Crippen LogP contribution in [-0.4, -0.2) is 85.8 Å². The molecule has 23 heavy (non-hydrogen) atoms. The van der Waals surface area contributed by atoms with Crippen molar-refractivity contribution in [3.8, 4) is 0 Å². The quantitative estimate of drug-likeness (QED) is 0.613. The van der Waals surface area contributed by atoms with Crippen molar-refractivity contribution in [1.82, 2.24) is 15.1 Å². The third-order valence-corrected chi connectivity index (χ3v) is 4.92. The van der Waals surface area contributed by atoms with E-state index in [-0.39, 0.29) is 11.8 Å². The van der Waals surface area contributed by atoms with Gasteiger partial charge in [0.05, 0.1) is 12.7 Å². The Balaban J connectivity index is 1.82. The Morgan fingerprint density at radius 2 is 1.91 bits per heavy atom. The Labute approximate surface area is 138 Å². The average molecular weight is 327 g/mol. The zero-order valence-corrected chi connectivity index (χ0v) is 14.2. The van der Waals surface area contributed by atoms with E-state index in [1.807, 2.05) is 6.92 Å². The maximum atomic E-state index is 12.8. The predicted octanol–water partition coefficient (Wildman–Crippen LogP) is -0.556. The number of nitrogens with one attached hydrogen (secondary N) is 1. The van der Waals surface area contributed by atoms with Crippen molar-refractivity contribution in [3.63, 3.8) is 0 Å². The number of β-amino-alcohol motifs (C(OH)–C–C–N with tert-alkyl or cyclic N) is 1. The lowest BCUT2D eigenvalue weighted by atomic mass is 9.67. The maximum absolute atomic E-state index is 12.8. The fourth-order valence-corrected chi connectivity index (χ4v) is 3.35. The van der Waals surface area contributed by atoms with Crippen molar-refractivity contribution < 1.29 is 19.4 Å². The van der Waals surface area contributed by atoms with Crippen LogP contribution in [0.2, 0.25) is 0 Å². The van der Waals surface area contributed by atoms with Crippen molar-refractivity contribution in [2.45, 2.75) is 32.3 Å². The van der Waals surface area contributed by atoms with Gasteiger partial charge in [-0.1, -0.05) is 6.42 Å². The number of aliphatic hydroxyl groups excluding tert-OH is 1. The standard InChI is InChI=1S/C16H29N3O4/c1-3-23-12-13(20)11-18-7-9-19(10-8-18)15(22)16(5-4-6-16)14(21)17-2/h13,20H,3-12H2,1-2H3,(H,17,21). The molecule has 1 aliphatic heterocycles. The molecule has 1 unspecified atom stereocenters.